The maximum atomic E-state index is 10.4. The normalized spacial score (nSPS) is 27.2. The molecular weight excluding hydrogens is 448 g/mol. The van der Waals surface area contributed by atoms with Crippen LogP contribution >= 0.6 is 23.4 Å². The van der Waals surface area contributed by atoms with Gasteiger partial charge in [-0.3, -0.25) is 0 Å². The van der Waals surface area contributed by atoms with Crippen LogP contribution in [0.25, 0.3) is 11.2 Å². The zero-order valence-electron chi connectivity index (χ0n) is 17.9. The summed E-state index contributed by atoms with van der Waals surface area (Å²) in [4.78, 5) is 9.49. The first-order valence-electron chi connectivity index (χ1n) is 11.2. The second-order valence-electron chi connectivity index (χ2n) is 8.61. The fourth-order valence-corrected chi connectivity index (χ4v) is 5.37. The monoisotopic (exact) mass is 474 g/mol. The van der Waals surface area contributed by atoms with Gasteiger partial charge in [0.2, 0.25) is 0 Å². The number of aromatic nitrogens is 5. The highest BCUT2D eigenvalue weighted by atomic mass is 35.5. The van der Waals surface area contributed by atoms with Crippen LogP contribution in [0.1, 0.15) is 56.6 Å². The van der Waals surface area contributed by atoms with E-state index in [9.17, 15) is 10.2 Å². The number of rotatable bonds is 8. The molecule has 2 aromatic heterocycles. The summed E-state index contributed by atoms with van der Waals surface area (Å²) >= 11 is 7.65. The Morgan fingerprint density at radius 1 is 1.19 bits per heavy atom. The predicted octanol–water partition coefficient (Wildman–Crippen LogP) is 3.79. The maximum absolute atomic E-state index is 10.4. The molecule has 0 spiro atoms. The number of benzene rings is 1. The molecule has 0 radical (unpaired) electrons. The van der Waals surface area contributed by atoms with E-state index in [0.29, 0.717) is 40.9 Å². The van der Waals surface area contributed by atoms with Crippen molar-refractivity contribution in [2.45, 2.75) is 74.4 Å². The summed E-state index contributed by atoms with van der Waals surface area (Å²) in [5.74, 6) is 2.01. The molecule has 0 aliphatic heterocycles. The van der Waals surface area contributed by atoms with Gasteiger partial charge in [-0.05, 0) is 43.4 Å². The molecule has 8 nitrogen and oxygen atoms in total. The van der Waals surface area contributed by atoms with Crippen molar-refractivity contribution in [1.29, 1.82) is 0 Å². The van der Waals surface area contributed by atoms with Gasteiger partial charge >= 0.3 is 0 Å². The van der Waals surface area contributed by atoms with Crippen LogP contribution in [0, 0.1) is 0 Å². The molecule has 2 heterocycles. The smallest absolute Gasteiger partial charge is 0.191 e. The van der Waals surface area contributed by atoms with E-state index in [0.717, 1.165) is 30.0 Å². The van der Waals surface area contributed by atoms with Crippen molar-refractivity contribution in [3.05, 3.63) is 34.9 Å². The van der Waals surface area contributed by atoms with Crippen LogP contribution < -0.4 is 5.32 Å². The van der Waals surface area contributed by atoms with Gasteiger partial charge in [-0.15, -0.1) is 5.10 Å². The van der Waals surface area contributed by atoms with Crippen LogP contribution in [0.4, 0.5) is 5.82 Å². The molecule has 5 atom stereocenters. The molecular formula is C22H27ClN6O2S. The Bertz CT molecular complexity index is 1090. The minimum Gasteiger partial charge on any atom is -0.390 e. The van der Waals surface area contributed by atoms with Crippen molar-refractivity contribution in [2.75, 3.05) is 11.1 Å². The van der Waals surface area contributed by atoms with Gasteiger partial charge in [-0.2, -0.15) is 0 Å². The van der Waals surface area contributed by atoms with Crippen molar-refractivity contribution in [3.8, 4) is 0 Å². The Hall–Kier alpha value is -1.94. The Kier molecular flexibility index (Phi) is 6.24. The fourth-order valence-electron chi connectivity index (χ4n) is 4.32. The lowest BCUT2D eigenvalue weighted by molar-refractivity contribution is 0.0215. The lowest BCUT2D eigenvalue weighted by Crippen LogP contribution is -2.28. The number of aliphatic hydroxyl groups excluding tert-OH is 2. The van der Waals surface area contributed by atoms with E-state index >= 15 is 0 Å². The van der Waals surface area contributed by atoms with Gasteiger partial charge in [0.15, 0.2) is 22.1 Å². The quantitative estimate of drug-likeness (QED) is 0.257. The third-order valence-electron chi connectivity index (χ3n) is 6.30. The van der Waals surface area contributed by atoms with Gasteiger partial charge in [0.25, 0.3) is 0 Å². The van der Waals surface area contributed by atoms with Crippen molar-refractivity contribution in [2.24, 2.45) is 0 Å². The van der Waals surface area contributed by atoms with Crippen molar-refractivity contribution in [1.82, 2.24) is 25.0 Å². The molecule has 2 fully saturated rings. The van der Waals surface area contributed by atoms with E-state index in [-0.39, 0.29) is 12.1 Å². The van der Waals surface area contributed by atoms with E-state index in [2.05, 4.69) is 34.7 Å². The molecule has 170 valence electrons. The number of nitrogens with one attached hydrogen (secondary N) is 1. The number of thioether (sulfide) groups is 1. The van der Waals surface area contributed by atoms with Gasteiger partial charge < -0.3 is 15.5 Å². The average Bonchev–Trinajstić information content (AvgIpc) is 3.29. The number of anilines is 1. The summed E-state index contributed by atoms with van der Waals surface area (Å²) in [5, 5.41) is 34.1. The maximum Gasteiger partial charge on any atom is 0.191 e. The van der Waals surface area contributed by atoms with E-state index in [1.165, 1.54) is 5.56 Å². The molecule has 0 bridgehead atoms. The van der Waals surface area contributed by atoms with Crippen molar-refractivity contribution >= 4 is 40.3 Å². The fraction of sp³-hybridized carbons (Fsp3) is 0.545. The molecule has 2 aliphatic rings. The summed E-state index contributed by atoms with van der Waals surface area (Å²) in [6.07, 6.45) is 2.74. The average molecular weight is 475 g/mol. The summed E-state index contributed by atoms with van der Waals surface area (Å²) in [5.41, 5.74) is 2.45. The SMILES string of the molecule is CCCCSc1nc(NC2CC2c2ccc(Cl)cc2)c2nnn(C3CCC(O)C3O)c2n1. The number of halogens is 1. The van der Waals surface area contributed by atoms with Crippen LogP contribution in [0.2, 0.25) is 5.02 Å². The minimum atomic E-state index is -0.875. The van der Waals surface area contributed by atoms with E-state index in [1.54, 1.807) is 16.4 Å². The van der Waals surface area contributed by atoms with Crippen molar-refractivity contribution < 1.29 is 10.2 Å². The van der Waals surface area contributed by atoms with Crippen LogP contribution in [0.3, 0.4) is 0 Å². The first-order valence-corrected chi connectivity index (χ1v) is 12.6. The van der Waals surface area contributed by atoms with Gasteiger partial charge in [-0.1, -0.05) is 54.1 Å². The molecule has 2 saturated carbocycles. The largest absolute Gasteiger partial charge is 0.390 e. The second-order valence-corrected chi connectivity index (χ2v) is 10.1. The molecule has 1 aromatic carbocycles. The first-order chi connectivity index (χ1) is 15.5. The third kappa shape index (κ3) is 4.31. The summed E-state index contributed by atoms with van der Waals surface area (Å²) in [7, 11) is 0. The summed E-state index contributed by atoms with van der Waals surface area (Å²) < 4.78 is 1.66. The van der Waals surface area contributed by atoms with Gasteiger partial charge in [0.1, 0.15) is 6.10 Å². The number of hydrogen-bond donors (Lipinski definition) is 3. The molecule has 5 rings (SSSR count). The Morgan fingerprint density at radius 3 is 2.72 bits per heavy atom. The highest BCUT2D eigenvalue weighted by Gasteiger charge is 2.40. The van der Waals surface area contributed by atoms with Crippen LogP contribution in [0.15, 0.2) is 29.4 Å². The van der Waals surface area contributed by atoms with Gasteiger partial charge in [0, 0.05) is 22.7 Å². The highest BCUT2D eigenvalue weighted by Crippen LogP contribution is 2.44. The first kappa shape index (κ1) is 21.9. The molecule has 5 unspecified atom stereocenters. The van der Waals surface area contributed by atoms with Crippen molar-refractivity contribution in [3.63, 3.8) is 0 Å². The van der Waals surface area contributed by atoms with E-state index in [4.69, 9.17) is 21.6 Å². The van der Waals surface area contributed by atoms with E-state index in [1.807, 2.05) is 12.1 Å². The zero-order valence-corrected chi connectivity index (χ0v) is 19.4. The number of nitrogens with zero attached hydrogens (tertiary/aromatic N) is 5. The third-order valence-corrected chi connectivity index (χ3v) is 7.49. The predicted molar refractivity (Wildman–Crippen MR) is 125 cm³/mol. The lowest BCUT2D eigenvalue weighted by Gasteiger charge is -2.16. The highest BCUT2D eigenvalue weighted by molar-refractivity contribution is 7.99. The molecule has 32 heavy (non-hydrogen) atoms. The summed E-state index contributed by atoms with van der Waals surface area (Å²) in [6.45, 7) is 2.16. The zero-order chi connectivity index (χ0) is 22.2. The van der Waals surface area contributed by atoms with Crippen LogP contribution in [-0.2, 0) is 0 Å². The Labute approximate surface area is 195 Å². The molecule has 10 heteroatoms. The van der Waals surface area contributed by atoms with Gasteiger partial charge in [0.05, 0.1) is 12.1 Å². The number of fused-ring (bicyclic) bond motifs is 1. The molecule has 2 aliphatic carbocycles. The number of unbranched alkanes of at least 4 members (excludes halogenated alkanes) is 1. The van der Waals surface area contributed by atoms with E-state index < -0.39 is 12.2 Å². The Morgan fingerprint density at radius 2 is 2.00 bits per heavy atom. The van der Waals surface area contributed by atoms with Gasteiger partial charge in [-0.25, -0.2) is 14.6 Å². The number of aliphatic hydroxyl groups is 2. The molecule has 0 saturated heterocycles. The number of hydrogen-bond acceptors (Lipinski definition) is 8. The summed E-state index contributed by atoms with van der Waals surface area (Å²) in [6, 6.07) is 7.90. The topological polar surface area (TPSA) is 109 Å². The standard InChI is InChI=1S/C22H27ClN6O2S/c1-2-3-10-32-22-25-20(24-15-11-14(15)12-4-6-13(23)7-5-12)18-21(26-22)29(28-27-18)16-8-9-17(30)19(16)31/h4-7,14-17,19,30-31H,2-3,8-11H2,1H3,(H,24,25,26). The molecule has 3 aromatic rings. The molecule has 3 N–H and O–H groups in total. The second kappa shape index (κ2) is 9.13. The van der Waals surface area contributed by atoms with Crippen LogP contribution in [0.5, 0.6) is 0 Å². The minimum absolute atomic E-state index is 0.256. The lowest BCUT2D eigenvalue weighted by atomic mass is 10.1. The Balaban J connectivity index is 1.44. The van der Waals surface area contributed by atoms with Crippen LogP contribution in [-0.4, -0.2) is 59.2 Å². The molecule has 0 amide bonds.